The fourth-order valence-corrected chi connectivity index (χ4v) is 3.92. The molecule has 0 saturated carbocycles. The van der Waals surface area contributed by atoms with E-state index in [1.54, 1.807) is 11.8 Å². The number of anilines is 1. The highest BCUT2D eigenvalue weighted by Gasteiger charge is 2.10. The molecule has 1 amide bonds. The molecule has 118 valence electrons. The van der Waals surface area contributed by atoms with Gasteiger partial charge in [0.05, 0.1) is 16.6 Å². The summed E-state index contributed by atoms with van der Waals surface area (Å²) in [6.07, 6.45) is 3.41. The molecule has 1 aromatic heterocycles. The van der Waals surface area contributed by atoms with E-state index in [1.807, 2.05) is 36.6 Å². The summed E-state index contributed by atoms with van der Waals surface area (Å²) in [4.78, 5) is 17.9. The summed E-state index contributed by atoms with van der Waals surface area (Å²) in [6.45, 7) is 2.12. The lowest BCUT2D eigenvalue weighted by Crippen LogP contribution is -2.14. The second kappa shape index (κ2) is 7.15. The number of nitrogens with zero attached hydrogens (tertiary/aromatic N) is 1. The standard InChI is InChI=1S/C18H18N2OS2/c1-3-12-7-9-13(10-8-12)11-16(21)19-18-20-17-14(22-2)5-4-6-15(17)23-18/h4-10H,3,11H2,1-2H3,(H,19,20,21). The first-order chi connectivity index (χ1) is 11.2. The van der Waals surface area contributed by atoms with E-state index in [4.69, 9.17) is 0 Å². The van der Waals surface area contributed by atoms with E-state index in [1.165, 1.54) is 16.9 Å². The van der Waals surface area contributed by atoms with Crippen molar-refractivity contribution in [2.24, 2.45) is 0 Å². The number of hydrogen-bond donors (Lipinski definition) is 1. The van der Waals surface area contributed by atoms with Crippen molar-refractivity contribution in [2.45, 2.75) is 24.7 Å². The highest BCUT2D eigenvalue weighted by atomic mass is 32.2. The van der Waals surface area contributed by atoms with E-state index >= 15 is 0 Å². The van der Waals surface area contributed by atoms with Gasteiger partial charge in [-0.2, -0.15) is 0 Å². The number of aryl methyl sites for hydroxylation is 1. The van der Waals surface area contributed by atoms with Gasteiger partial charge < -0.3 is 5.32 Å². The number of fused-ring (bicyclic) bond motifs is 1. The van der Waals surface area contributed by atoms with Crippen LogP contribution in [-0.4, -0.2) is 17.1 Å². The quantitative estimate of drug-likeness (QED) is 0.680. The molecule has 0 bridgehead atoms. The highest BCUT2D eigenvalue weighted by molar-refractivity contribution is 7.98. The van der Waals surface area contributed by atoms with Crippen molar-refractivity contribution >= 4 is 44.4 Å². The number of hydrogen-bond acceptors (Lipinski definition) is 4. The summed E-state index contributed by atoms with van der Waals surface area (Å²) in [5, 5.41) is 3.58. The van der Waals surface area contributed by atoms with Crippen LogP contribution in [0.3, 0.4) is 0 Å². The van der Waals surface area contributed by atoms with Crippen molar-refractivity contribution in [3.05, 3.63) is 53.6 Å². The van der Waals surface area contributed by atoms with E-state index in [9.17, 15) is 4.79 Å². The van der Waals surface area contributed by atoms with E-state index in [2.05, 4.69) is 29.4 Å². The largest absolute Gasteiger partial charge is 0.302 e. The van der Waals surface area contributed by atoms with Gasteiger partial charge in [-0.1, -0.05) is 48.6 Å². The predicted molar refractivity (Wildman–Crippen MR) is 99.6 cm³/mol. The van der Waals surface area contributed by atoms with E-state index in [-0.39, 0.29) is 5.91 Å². The molecule has 0 unspecified atom stereocenters. The van der Waals surface area contributed by atoms with Crippen LogP contribution in [0.4, 0.5) is 5.13 Å². The number of thioether (sulfide) groups is 1. The first kappa shape index (κ1) is 16.0. The van der Waals surface area contributed by atoms with Gasteiger partial charge in [-0.3, -0.25) is 4.79 Å². The molecule has 23 heavy (non-hydrogen) atoms. The van der Waals surface area contributed by atoms with E-state index < -0.39 is 0 Å². The van der Waals surface area contributed by atoms with Crippen LogP contribution in [0, 0.1) is 0 Å². The third kappa shape index (κ3) is 3.74. The van der Waals surface area contributed by atoms with Gasteiger partial charge >= 0.3 is 0 Å². The minimum Gasteiger partial charge on any atom is -0.302 e. The molecule has 3 rings (SSSR count). The molecule has 1 heterocycles. The normalized spacial score (nSPS) is 10.9. The minimum atomic E-state index is -0.0287. The lowest BCUT2D eigenvalue weighted by atomic mass is 10.1. The number of carbonyl (C=O) groups excluding carboxylic acids is 1. The van der Waals surface area contributed by atoms with Crippen molar-refractivity contribution in [1.29, 1.82) is 0 Å². The molecule has 3 aromatic rings. The Kier molecular flexibility index (Phi) is 4.98. The number of para-hydroxylation sites is 1. The van der Waals surface area contributed by atoms with E-state index in [0.717, 1.165) is 27.1 Å². The summed E-state index contributed by atoms with van der Waals surface area (Å²) < 4.78 is 1.10. The first-order valence-corrected chi connectivity index (χ1v) is 9.55. The number of rotatable bonds is 5. The van der Waals surface area contributed by atoms with Gasteiger partial charge in [-0.25, -0.2) is 4.98 Å². The molecule has 0 saturated heterocycles. The number of nitrogens with one attached hydrogen (secondary N) is 1. The number of thiazole rings is 1. The number of benzene rings is 2. The van der Waals surface area contributed by atoms with Gasteiger partial charge in [0.25, 0.3) is 0 Å². The Morgan fingerprint density at radius 2 is 1.91 bits per heavy atom. The summed E-state index contributed by atoms with van der Waals surface area (Å²) in [6, 6.07) is 14.3. The lowest BCUT2D eigenvalue weighted by Gasteiger charge is -2.03. The second-order valence-electron chi connectivity index (χ2n) is 5.22. The summed E-state index contributed by atoms with van der Waals surface area (Å²) in [5.41, 5.74) is 3.27. The molecular formula is C18H18N2OS2. The van der Waals surface area contributed by atoms with Crippen LogP contribution < -0.4 is 5.32 Å². The van der Waals surface area contributed by atoms with Gasteiger partial charge in [0.2, 0.25) is 5.91 Å². The third-order valence-electron chi connectivity index (χ3n) is 3.64. The van der Waals surface area contributed by atoms with Gasteiger partial charge in [0, 0.05) is 4.90 Å². The minimum absolute atomic E-state index is 0.0287. The zero-order chi connectivity index (χ0) is 16.2. The Bertz CT molecular complexity index is 825. The maximum atomic E-state index is 12.2. The average molecular weight is 342 g/mol. The zero-order valence-electron chi connectivity index (χ0n) is 13.1. The summed E-state index contributed by atoms with van der Waals surface area (Å²) in [5.74, 6) is -0.0287. The summed E-state index contributed by atoms with van der Waals surface area (Å²) in [7, 11) is 0. The van der Waals surface area contributed by atoms with Crippen molar-refractivity contribution in [1.82, 2.24) is 4.98 Å². The van der Waals surface area contributed by atoms with Crippen LogP contribution in [0.1, 0.15) is 18.1 Å². The maximum Gasteiger partial charge on any atom is 0.230 e. The lowest BCUT2D eigenvalue weighted by molar-refractivity contribution is -0.115. The van der Waals surface area contributed by atoms with E-state index in [0.29, 0.717) is 11.6 Å². The average Bonchev–Trinajstić information content (AvgIpc) is 2.97. The maximum absolute atomic E-state index is 12.2. The van der Waals surface area contributed by atoms with Crippen LogP contribution in [0.15, 0.2) is 47.4 Å². The number of amides is 1. The smallest absolute Gasteiger partial charge is 0.230 e. The van der Waals surface area contributed by atoms with Crippen molar-refractivity contribution < 1.29 is 4.79 Å². The molecule has 3 nitrogen and oxygen atoms in total. The molecule has 1 N–H and O–H groups in total. The Labute approximate surface area is 144 Å². The van der Waals surface area contributed by atoms with Crippen LogP contribution in [0.2, 0.25) is 0 Å². The molecular weight excluding hydrogens is 324 g/mol. The topological polar surface area (TPSA) is 42.0 Å². The van der Waals surface area contributed by atoms with Crippen LogP contribution >= 0.6 is 23.1 Å². The summed E-state index contributed by atoms with van der Waals surface area (Å²) >= 11 is 3.18. The van der Waals surface area contributed by atoms with Gasteiger partial charge in [-0.15, -0.1) is 11.8 Å². The van der Waals surface area contributed by atoms with Crippen molar-refractivity contribution in [2.75, 3.05) is 11.6 Å². The third-order valence-corrected chi connectivity index (χ3v) is 5.35. The van der Waals surface area contributed by atoms with Gasteiger partial charge in [0.1, 0.15) is 0 Å². The number of aromatic nitrogens is 1. The Morgan fingerprint density at radius 1 is 1.17 bits per heavy atom. The van der Waals surface area contributed by atoms with Gasteiger partial charge in [-0.05, 0) is 35.9 Å². The molecule has 0 fully saturated rings. The molecule has 0 aliphatic heterocycles. The first-order valence-electron chi connectivity index (χ1n) is 7.51. The fraction of sp³-hybridized carbons (Fsp3) is 0.222. The monoisotopic (exact) mass is 342 g/mol. The molecule has 0 atom stereocenters. The second-order valence-corrected chi connectivity index (χ2v) is 7.10. The molecule has 0 radical (unpaired) electrons. The van der Waals surface area contributed by atoms with Crippen LogP contribution in [0.5, 0.6) is 0 Å². The Hall–Kier alpha value is -1.85. The Balaban J connectivity index is 1.72. The SMILES string of the molecule is CCc1ccc(CC(=O)Nc2nc3c(SC)cccc3s2)cc1. The predicted octanol–water partition coefficient (Wildman–Crippen LogP) is 4.76. The Morgan fingerprint density at radius 3 is 2.61 bits per heavy atom. The van der Waals surface area contributed by atoms with Crippen molar-refractivity contribution in [3.8, 4) is 0 Å². The van der Waals surface area contributed by atoms with Gasteiger partial charge in [0.15, 0.2) is 5.13 Å². The fourth-order valence-electron chi connectivity index (χ4n) is 2.38. The van der Waals surface area contributed by atoms with Crippen molar-refractivity contribution in [3.63, 3.8) is 0 Å². The van der Waals surface area contributed by atoms with Crippen LogP contribution in [-0.2, 0) is 17.6 Å². The zero-order valence-corrected chi connectivity index (χ0v) is 14.8. The highest BCUT2D eigenvalue weighted by Crippen LogP contribution is 2.32. The van der Waals surface area contributed by atoms with Crippen LogP contribution in [0.25, 0.3) is 10.2 Å². The molecule has 0 spiro atoms. The molecule has 5 heteroatoms. The molecule has 2 aromatic carbocycles. The molecule has 0 aliphatic carbocycles. The molecule has 0 aliphatic rings. The number of carbonyl (C=O) groups is 1.